The molecule has 1 unspecified atom stereocenters. The van der Waals surface area contributed by atoms with Gasteiger partial charge in [0.05, 0.1) is 19.2 Å². The topological polar surface area (TPSA) is 41.6 Å². The first-order chi connectivity index (χ1) is 9.33. The minimum Gasteiger partial charge on any atom is -0.383 e. The van der Waals surface area contributed by atoms with E-state index in [0.29, 0.717) is 19.7 Å². The number of halogens is 1. The third-order valence-corrected chi connectivity index (χ3v) is 3.52. The second-order valence-electron chi connectivity index (χ2n) is 4.83. The number of methoxy groups -OCH3 is 1. The number of likely N-dealkylation sites (tertiary alicyclic amines) is 1. The molecule has 2 rings (SSSR count). The van der Waals surface area contributed by atoms with Crippen molar-refractivity contribution in [3.05, 3.63) is 35.9 Å². The highest BCUT2D eigenvalue weighted by atomic mass is 35.5. The smallest absolute Gasteiger partial charge is 0.237 e. The van der Waals surface area contributed by atoms with Crippen LogP contribution in [0.2, 0.25) is 0 Å². The lowest BCUT2D eigenvalue weighted by Crippen LogP contribution is -2.38. The van der Waals surface area contributed by atoms with E-state index in [4.69, 9.17) is 4.74 Å². The van der Waals surface area contributed by atoms with Crippen molar-refractivity contribution in [3.8, 4) is 0 Å². The van der Waals surface area contributed by atoms with E-state index in [0.717, 1.165) is 19.4 Å². The molecular weight excluding hydrogens is 276 g/mol. The molecule has 1 aliphatic rings. The lowest BCUT2D eigenvalue weighted by molar-refractivity contribution is -0.131. The van der Waals surface area contributed by atoms with Gasteiger partial charge in [0.25, 0.3) is 0 Å². The van der Waals surface area contributed by atoms with Gasteiger partial charge in [-0.1, -0.05) is 30.3 Å². The third kappa shape index (κ3) is 4.47. The van der Waals surface area contributed by atoms with E-state index < -0.39 is 0 Å². The number of hydrogen-bond acceptors (Lipinski definition) is 3. The van der Waals surface area contributed by atoms with Crippen LogP contribution in [0, 0.1) is 0 Å². The van der Waals surface area contributed by atoms with Gasteiger partial charge >= 0.3 is 0 Å². The van der Waals surface area contributed by atoms with E-state index in [1.54, 1.807) is 7.11 Å². The van der Waals surface area contributed by atoms with Gasteiger partial charge in [0.2, 0.25) is 5.91 Å². The van der Waals surface area contributed by atoms with Crippen LogP contribution >= 0.6 is 12.4 Å². The van der Waals surface area contributed by atoms with E-state index in [-0.39, 0.29) is 24.4 Å². The highest BCUT2D eigenvalue weighted by Crippen LogP contribution is 2.31. The summed E-state index contributed by atoms with van der Waals surface area (Å²) in [6.45, 7) is 2.61. The highest BCUT2D eigenvalue weighted by Gasteiger charge is 2.29. The molecule has 0 radical (unpaired) electrons. The Hall–Kier alpha value is -1.10. The maximum absolute atomic E-state index is 12.2. The molecule has 1 N–H and O–H groups in total. The standard InChI is InChI=1S/C15H22N2O2.ClH/c1-19-11-9-16-12-15(18)17-10-5-8-14(17)13-6-3-2-4-7-13;/h2-4,6-7,14,16H,5,8-12H2,1H3;1H. The molecule has 0 aromatic heterocycles. The molecule has 1 saturated heterocycles. The number of nitrogens with one attached hydrogen (secondary N) is 1. The van der Waals surface area contributed by atoms with Crippen LogP contribution in [0.3, 0.4) is 0 Å². The molecule has 1 aliphatic heterocycles. The van der Waals surface area contributed by atoms with Crippen LogP contribution in [0.25, 0.3) is 0 Å². The molecule has 1 aromatic carbocycles. The van der Waals surface area contributed by atoms with Crippen molar-refractivity contribution >= 4 is 18.3 Å². The monoisotopic (exact) mass is 298 g/mol. The number of benzene rings is 1. The molecule has 1 fully saturated rings. The minimum absolute atomic E-state index is 0. The zero-order valence-electron chi connectivity index (χ0n) is 11.9. The molecule has 4 nitrogen and oxygen atoms in total. The Kier molecular flexibility index (Phi) is 7.59. The fourth-order valence-corrected chi connectivity index (χ4v) is 2.56. The fraction of sp³-hybridized carbons (Fsp3) is 0.533. The molecule has 1 aromatic rings. The maximum atomic E-state index is 12.2. The van der Waals surface area contributed by atoms with Gasteiger partial charge < -0.3 is 15.0 Å². The Morgan fingerprint density at radius 1 is 1.40 bits per heavy atom. The van der Waals surface area contributed by atoms with Crippen molar-refractivity contribution in [2.24, 2.45) is 0 Å². The summed E-state index contributed by atoms with van der Waals surface area (Å²) < 4.78 is 4.95. The summed E-state index contributed by atoms with van der Waals surface area (Å²) in [7, 11) is 1.66. The molecule has 20 heavy (non-hydrogen) atoms. The molecular formula is C15H23ClN2O2. The number of carbonyl (C=O) groups is 1. The lowest BCUT2D eigenvalue weighted by Gasteiger charge is -2.25. The molecule has 0 bridgehead atoms. The van der Waals surface area contributed by atoms with Crippen molar-refractivity contribution in [1.82, 2.24) is 10.2 Å². The minimum atomic E-state index is 0. The normalized spacial score (nSPS) is 17.9. The molecule has 5 heteroatoms. The second-order valence-corrected chi connectivity index (χ2v) is 4.83. The van der Waals surface area contributed by atoms with Gasteiger partial charge in [0.15, 0.2) is 0 Å². The van der Waals surface area contributed by atoms with Crippen LogP contribution in [-0.2, 0) is 9.53 Å². The zero-order chi connectivity index (χ0) is 13.5. The molecule has 0 aliphatic carbocycles. The van der Waals surface area contributed by atoms with Gasteiger partial charge in [-0.15, -0.1) is 12.4 Å². The highest BCUT2D eigenvalue weighted by molar-refractivity contribution is 5.85. The van der Waals surface area contributed by atoms with Gasteiger partial charge in [-0.05, 0) is 18.4 Å². The van der Waals surface area contributed by atoms with E-state index in [9.17, 15) is 4.79 Å². The number of carbonyl (C=O) groups excluding carboxylic acids is 1. The average molecular weight is 299 g/mol. The molecule has 1 atom stereocenters. The molecule has 0 saturated carbocycles. The summed E-state index contributed by atoms with van der Waals surface area (Å²) >= 11 is 0. The summed E-state index contributed by atoms with van der Waals surface area (Å²) in [6.07, 6.45) is 2.15. The Morgan fingerprint density at radius 3 is 2.85 bits per heavy atom. The maximum Gasteiger partial charge on any atom is 0.237 e. The summed E-state index contributed by atoms with van der Waals surface area (Å²) in [5, 5.41) is 3.12. The first kappa shape index (κ1) is 17.0. The number of rotatable bonds is 6. The second kappa shape index (κ2) is 8.95. The first-order valence-electron chi connectivity index (χ1n) is 6.87. The van der Waals surface area contributed by atoms with Crippen molar-refractivity contribution in [1.29, 1.82) is 0 Å². The molecule has 1 amide bonds. The summed E-state index contributed by atoms with van der Waals surface area (Å²) in [5.41, 5.74) is 1.24. The van der Waals surface area contributed by atoms with E-state index in [1.165, 1.54) is 5.56 Å². The van der Waals surface area contributed by atoms with Gasteiger partial charge in [-0.2, -0.15) is 0 Å². The fourth-order valence-electron chi connectivity index (χ4n) is 2.56. The number of nitrogens with zero attached hydrogens (tertiary/aromatic N) is 1. The van der Waals surface area contributed by atoms with Crippen LogP contribution < -0.4 is 5.32 Å². The largest absolute Gasteiger partial charge is 0.383 e. The van der Waals surface area contributed by atoms with Crippen molar-refractivity contribution < 1.29 is 9.53 Å². The number of amides is 1. The average Bonchev–Trinajstić information content (AvgIpc) is 2.94. The van der Waals surface area contributed by atoms with E-state index in [2.05, 4.69) is 17.4 Å². The molecule has 0 spiro atoms. The quantitative estimate of drug-likeness (QED) is 0.817. The van der Waals surface area contributed by atoms with Crippen molar-refractivity contribution in [2.45, 2.75) is 18.9 Å². The predicted octanol–water partition coefficient (Wildman–Crippen LogP) is 2.01. The summed E-state index contributed by atoms with van der Waals surface area (Å²) in [4.78, 5) is 14.2. The van der Waals surface area contributed by atoms with Crippen LogP contribution in [0.1, 0.15) is 24.4 Å². The van der Waals surface area contributed by atoms with Crippen LogP contribution in [0.4, 0.5) is 0 Å². The van der Waals surface area contributed by atoms with Gasteiger partial charge in [0.1, 0.15) is 0 Å². The van der Waals surface area contributed by atoms with Crippen LogP contribution in [0.15, 0.2) is 30.3 Å². The SMILES string of the molecule is COCCNCC(=O)N1CCCC1c1ccccc1.Cl. The van der Waals surface area contributed by atoms with Crippen LogP contribution in [0.5, 0.6) is 0 Å². The Labute approximate surface area is 126 Å². The van der Waals surface area contributed by atoms with Crippen molar-refractivity contribution in [3.63, 3.8) is 0 Å². The summed E-state index contributed by atoms with van der Waals surface area (Å²) in [6, 6.07) is 10.5. The van der Waals surface area contributed by atoms with E-state index >= 15 is 0 Å². The Balaban J connectivity index is 0.00000200. The summed E-state index contributed by atoms with van der Waals surface area (Å²) in [5.74, 6) is 0.183. The van der Waals surface area contributed by atoms with E-state index in [1.807, 2.05) is 23.1 Å². The van der Waals surface area contributed by atoms with Gasteiger partial charge in [-0.3, -0.25) is 4.79 Å². The number of hydrogen-bond donors (Lipinski definition) is 1. The predicted molar refractivity (Wildman–Crippen MR) is 82.1 cm³/mol. The first-order valence-corrected chi connectivity index (χ1v) is 6.87. The van der Waals surface area contributed by atoms with Crippen molar-refractivity contribution in [2.75, 3.05) is 33.4 Å². The molecule has 1 heterocycles. The third-order valence-electron chi connectivity index (χ3n) is 3.52. The molecule has 112 valence electrons. The number of ether oxygens (including phenoxy) is 1. The van der Waals surface area contributed by atoms with Crippen LogP contribution in [-0.4, -0.2) is 44.2 Å². The Morgan fingerprint density at radius 2 is 2.15 bits per heavy atom. The Bertz CT molecular complexity index is 400. The zero-order valence-corrected chi connectivity index (χ0v) is 12.7. The van der Waals surface area contributed by atoms with Gasteiger partial charge in [0, 0.05) is 20.2 Å². The van der Waals surface area contributed by atoms with Gasteiger partial charge in [-0.25, -0.2) is 0 Å². The lowest BCUT2D eigenvalue weighted by atomic mass is 10.0.